The summed E-state index contributed by atoms with van der Waals surface area (Å²) in [5, 5.41) is 23.4. The van der Waals surface area contributed by atoms with E-state index in [2.05, 4.69) is 5.32 Å². The molecule has 0 aromatic heterocycles. The summed E-state index contributed by atoms with van der Waals surface area (Å²) in [6.45, 7) is 2.19. The molecular weight excluding hydrogens is 346 g/mol. The lowest BCUT2D eigenvalue weighted by atomic mass is 9.97. The first-order valence-electron chi connectivity index (χ1n) is 9.80. The highest BCUT2D eigenvalue weighted by Gasteiger charge is 2.34. The number of hydrogen-bond donors (Lipinski definition) is 4. The third kappa shape index (κ3) is 5.99. The second-order valence-electron chi connectivity index (χ2n) is 7.71. The third-order valence-electron chi connectivity index (χ3n) is 5.39. The van der Waals surface area contributed by atoms with Crippen molar-refractivity contribution in [2.24, 2.45) is 5.73 Å². The Balaban J connectivity index is 1.47. The van der Waals surface area contributed by atoms with Crippen LogP contribution in [0.5, 0.6) is 0 Å². The number of rotatable bonds is 6. The lowest BCUT2D eigenvalue weighted by Crippen LogP contribution is -2.58. The predicted molar refractivity (Wildman–Crippen MR) is 102 cm³/mol. The van der Waals surface area contributed by atoms with Gasteiger partial charge in [-0.15, -0.1) is 0 Å². The number of amides is 1. The monoisotopic (exact) mass is 377 g/mol. The van der Waals surface area contributed by atoms with Gasteiger partial charge in [0.05, 0.1) is 18.3 Å². The van der Waals surface area contributed by atoms with Gasteiger partial charge in [-0.05, 0) is 24.8 Å². The van der Waals surface area contributed by atoms with Gasteiger partial charge in [0, 0.05) is 44.7 Å². The molecule has 2 aliphatic rings. The highest BCUT2D eigenvalue weighted by Crippen LogP contribution is 2.18. The number of piperidine rings is 1. The highest BCUT2D eigenvalue weighted by molar-refractivity contribution is 5.76. The number of likely N-dealkylation sites (tertiary alicyclic amines) is 1. The van der Waals surface area contributed by atoms with Crippen LogP contribution < -0.4 is 11.1 Å². The van der Waals surface area contributed by atoms with Gasteiger partial charge in [0.1, 0.15) is 0 Å². The van der Waals surface area contributed by atoms with Gasteiger partial charge in [-0.2, -0.15) is 0 Å². The number of ether oxygens (including phenoxy) is 1. The van der Waals surface area contributed by atoms with E-state index in [-0.39, 0.29) is 24.1 Å². The molecule has 0 bridgehead atoms. The summed E-state index contributed by atoms with van der Waals surface area (Å²) in [4.78, 5) is 14.3. The Kier molecular flexibility index (Phi) is 7.20. The van der Waals surface area contributed by atoms with Crippen molar-refractivity contribution in [1.29, 1.82) is 0 Å². The molecule has 2 heterocycles. The summed E-state index contributed by atoms with van der Waals surface area (Å²) < 4.78 is 5.66. The first-order valence-corrected chi connectivity index (χ1v) is 9.80. The van der Waals surface area contributed by atoms with Gasteiger partial charge in [-0.25, -0.2) is 0 Å². The molecule has 0 aliphatic carbocycles. The fraction of sp³-hybridized carbons (Fsp3) is 0.650. The van der Waals surface area contributed by atoms with Crippen LogP contribution in [0.1, 0.15) is 24.8 Å². The summed E-state index contributed by atoms with van der Waals surface area (Å²) >= 11 is 0. The molecule has 0 saturated carbocycles. The molecule has 1 amide bonds. The van der Waals surface area contributed by atoms with E-state index in [0.29, 0.717) is 51.9 Å². The van der Waals surface area contributed by atoms with Gasteiger partial charge in [0.2, 0.25) is 5.91 Å². The Morgan fingerprint density at radius 1 is 1.26 bits per heavy atom. The summed E-state index contributed by atoms with van der Waals surface area (Å²) in [6.07, 6.45) is 0.765. The van der Waals surface area contributed by atoms with E-state index in [4.69, 9.17) is 10.5 Å². The second kappa shape index (κ2) is 9.61. The smallest absolute Gasteiger partial charge is 0.220 e. The van der Waals surface area contributed by atoms with E-state index in [1.54, 1.807) is 0 Å². The lowest BCUT2D eigenvalue weighted by Gasteiger charge is -2.40. The molecule has 1 aromatic carbocycles. The molecule has 5 N–H and O–H groups in total. The maximum atomic E-state index is 12.3. The Labute approximate surface area is 160 Å². The molecule has 0 radical (unpaired) electrons. The van der Waals surface area contributed by atoms with Gasteiger partial charge < -0.3 is 26.0 Å². The molecule has 0 unspecified atom stereocenters. The Morgan fingerprint density at radius 2 is 2.04 bits per heavy atom. The molecule has 150 valence electrons. The van der Waals surface area contributed by atoms with Crippen molar-refractivity contribution in [2.45, 2.75) is 56.1 Å². The van der Waals surface area contributed by atoms with Crippen LogP contribution in [-0.2, 0) is 16.0 Å². The topological polar surface area (TPSA) is 108 Å². The molecule has 2 saturated heterocycles. The third-order valence-corrected chi connectivity index (χ3v) is 5.39. The Bertz CT molecular complexity index is 600. The van der Waals surface area contributed by atoms with Gasteiger partial charge in [-0.3, -0.25) is 9.69 Å². The minimum absolute atomic E-state index is 0.00567. The Hall–Kier alpha value is -1.51. The number of aliphatic hydroxyl groups excluding tert-OH is 2. The summed E-state index contributed by atoms with van der Waals surface area (Å²) in [5.41, 5.74) is 7.06. The van der Waals surface area contributed by atoms with Crippen molar-refractivity contribution in [1.82, 2.24) is 10.2 Å². The van der Waals surface area contributed by atoms with Gasteiger partial charge in [0.25, 0.3) is 0 Å². The summed E-state index contributed by atoms with van der Waals surface area (Å²) in [5.74, 6) is -0.00567. The van der Waals surface area contributed by atoms with Crippen LogP contribution in [-0.4, -0.2) is 77.7 Å². The van der Waals surface area contributed by atoms with Crippen LogP contribution in [0.2, 0.25) is 0 Å². The maximum Gasteiger partial charge on any atom is 0.220 e. The number of carbonyl (C=O) groups is 1. The largest absolute Gasteiger partial charge is 0.392 e. The van der Waals surface area contributed by atoms with Crippen molar-refractivity contribution in [3.8, 4) is 0 Å². The van der Waals surface area contributed by atoms with Crippen molar-refractivity contribution in [3.05, 3.63) is 35.9 Å². The van der Waals surface area contributed by atoms with Crippen molar-refractivity contribution in [3.63, 3.8) is 0 Å². The first kappa shape index (κ1) is 20.2. The summed E-state index contributed by atoms with van der Waals surface area (Å²) in [6, 6.07) is 9.55. The van der Waals surface area contributed by atoms with Gasteiger partial charge in [0.15, 0.2) is 0 Å². The molecule has 7 nitrogen and oxygen atoms in total. The lowest BCUT2D eigenvalue weighted by molar-refractivity contribution is -0.123. The minimum atomic E-state index is -0.697. The molecule has 2 aliphatic heterocycles. The van der Waals surface area contributed by atoms with Gasteiger partial charge >= 0.3 is 0 Å². The highest BCUT2D eigenvalue weighted by atomic mass is 16.5. The molecule has 2 fully saturated rings. The van der Waals surface area contributed by atoms with Crippen LogP contribution in [0.25, 0.3) is 0 Å². The van der Waals surface area contributed by atoms with E-state index in [9.17, 15) is 15.0 Å². The van der Waals surface area contributed by atoms with Crippen molar-refractivity contribution in [2.75, 3.05) is 26.2 Å². The second-order valence-corrected chi connectivity index (χ2v) is 7.71. The molecule has 3 rings (SSSR count). The molecule has 5 atom stereocenters. The molecule has 1 aromatic rings. The number of β-amino-alcohol motifs (C(OH)–C–C–N with tert-alkyl or cyclic N) is 1. The zero-order valence-electron chi connectivity index (χ0n) is 15.7. The number of nitrogens with one attached hydrogen (secondary N) is 1. The first-order chi connectivity index (χ1) is 13.0. The van der Waals surface area contributed by atoms with E-state index in [1.165, 1.54) is 0 Å². The fourth-order valence-corrected chi connectivity index (χ4v) is 3.93. The van der Waals surface area contributed by atoms with Crippen LogP contribution in [0.3, 0.4) is 0 Å². The minimum Gasteiger partial charge on any atom is -0.392 e. The number of nitrogens with zero attached hydrogens (tertiary/aromatic N) is 1. The standard InChI is InChI=1S/C20H31N3O4/c21-17-8-9-27-18(20(17)26)13-23-11-15(10-16(24)12-23)22-19(25)7-6-14-4-2-1-3-5-14/h1-5,15-18,20,24,26H,6-13,21H2,(H,22,25)/t15-,16+,17-,18+,20-/m0/s1. The quantitative estimate of drug-likeness (QED) is 0.540. The molecule has 27 heavy (non-hydrogen) atoms. The summed E-state index contributed by atoms with van der Waals surface area (Å²) in [7, 11) is 0. The zero-order valence-corrected chi connectivity index (χ0v) is 15.7. The average Bonchev–Trinajstić information content (AvgIpc) is 2.64. The molecule has 7 heteroatoms. The van der Waals surface area contributed by atoms with Crippen molar-refractivity contribution >= 4 is 5.91 Å². The van der Waals surface area contributed by atoms with E-state index in [0.717, 1.165) is 5.56 Å². The number of aryl methyl sites for hydroxylation is 1. The normalized spacial score (nSPS) is 32.2. The zero-order chi connectivity index (χ0) is 19.2. The number of hydrogen-bond acceptors (Lipinski definition) is 6. The SMILES string of the molecule is N[C@H]1CCO[C@H](CN2C[C@H](O)C[C@H](NC(=O)CCc3ccccc3)C2)[C@H]1O. The van der Waals surface area contributed by atoms with Crippen molar-refractivity contribution < 1.29 is 19.7 Å². The van der Waals surface area contributed by atoms with Crippen LogP contribution >= 0.6 is 0 Å². The van der Waals surface area contributed by atoms with E-state index < -0.39 is 12.2 Å². The number of benzene rings is 1. The Morgan fingerprint density at radius 3 is 2.81 bits per heavy atom. The molecular formula is C20H31N3O4. The van der Waals surface area contributed by atoms with Crippen LogP contribution in [0.15, 0.2) is 30.3 Å². The number of aliphatic hydroxyl groups is 2. The molecule has 0 spiro atoms. The van der Waals surface area contributed by atoms with E-state index in [1.807, 2.05) is 35.2 Å². The number of carbonyl (C=O) groups excluding carboxylic acids is 1. The predicted octanol–water partition coefficient (Wildman–Crippen LogP) is -0.352. The maximum absolute atomic E-state index is 12.3. The fourth-order valence-electron chi connectivity index (χ4n) is 3.93. The van der Waals surface area contributed by atoms with Gasteiger partial charge in [-0.1, -0.05) is 30.3 Å². The van der Waals surface area contributed by atoms with Crippen LogP contribution in [0.4, 0.5) is 0 Å². The number of nitrogens with two attached hydrogens (primary N) is 1. The van der Waals surface area contributed by atoms with Crippen LogP contribution in [0, 0.1) is 0 Å². The average molecular weight is 377 g/mol. The van der Waals surface area contributed by atoms with E-state index >= 15 is 0 Å².